The van der Waals surface area contributed by atoms with Crippen LogP contribution in [0.2, 0.25) is 11.6 Å². The number of carbonyl (C=O) groups excluding carboxylic acids is 1. The molecular formula is C23H28N3O2Si+. The van der Waals surface area contributed by atoms with E-state index in [0.29, 0.717) is 18.6 Å². The van der Waals surface area contributed by atoms with Crippen LogP contribution in [0, 0.1) is 0 Å². The summed E-state index contributed by atoms with van der Waals surface area (Å²) in [6, 6.07) is 7.93. The molecule has 0 bridgehead atoms. The molecule has 2 fully saturated rings. The van der Waals surface area contributed by atoms with Crippen molar-refractivity contribution in [2.75, 3.05) is 37.7 Å². The minimum Gasteiger partial charge on any atom is -0.468 e. The summed E-state index contributed by atoms with van der Waals surface area (Å²) in [7, 11) is -2.09. The number of hydrogen-bond donors (Lipinski definition) is 0. The molecule has 4 aliphatic rings. The second-order valence-corrected chi connectivity index (χ2v) is 13.4. The zero-order valence-corrected chi connectivity index (χ0v) is 18.2. The van der Waals surface area contributed by atoms with Crippen LogP contribution in [0.15, 0.2) is 46.6 Å². The zero-order chi connectivity index (χ0) is 20.0. The molecule has 6 heteroatoms. The van der Waals surface area contributed by atoms with Crippen LogP contribution >= 0.6 is 0 Å². The molecule has 1 atom stereocenters. The van der Waals surface area contributed by atoms with Gasteiger partial charge in [0.2, 0.25) is 13.1 Å². The standard InChI is InChI=1S/C23H28N3O2Si/c1-17(2)29(13-3-12-28-16-27)22-14-18(25-8-9-25)4-6-20(22)24-21-7-5-19(15-23(21)29)26-10-11-26/h4-7,14-17H,3,8-13H2,1-2H3/q+1. The number of carbonyl (C=O) groups is 1. The van der Waals surface area contributed by atoms with Crippen LogP contribution in [-0.4, -0.2) is 63.3 Å². The average molecular weight is 407 g/mol. The fraction of sp³-hybridized carbons (Fsp3) is 0.435. The highest BCUT2D eigenvalue weighted by Gasteiger charge is 2.48. The van der Waals surface area contributed by atoms with E-state index in [2.05, 4.69) is 59.8 Å². The minimum atomic E-state index is -2.09. The summed E-state index contributed by atoms with van der Waals surface area (Å²) >= 11 is 0. The maximum atomic E-state index is 10.7. The highest BCUT2D eigenvalue weighted by molar-refractivity contribution is 7.03. The molecule has 0 radical (unpaired) electrons. The van der Waals surface area contributed by atoms with Gasteiger partial charge in [0.1, 0.15) is 8.07 Å². The molecule has 0 spiro atoms. The number of ether oxygens (including phenoxy) is 1. The van der Waals surface area contributed by atoms with Crippen LogP contribution in [0.25, 0.3) is 0 Å². The quantitative estimate of drug-likeness (QED) is 0.175. The SMILES string of the molecule is CC(C)[Si]1(CCCOC=O)C2=CC(=[N+]3CC3)C=CC2=Nc2ccc(N3CC3)cc21. The lowest BCUT2D eigenvalue weighted by atomic mass is 10.1. The maximum absolute atomic E-state index is 10.7. The Labute approximate surface area is 173 Å². The molecule has 150 valence electrons. The van der Waals surface area contributed by atoms with Crippen molar-refractivity contribution >= 4 is 42.5 Å². The normalized spacial score (nSPS) is 24.0. The molecule has 0 amide bonds. The summed E-state index contributed by atoms with van der Waals surface area (Å²) < 4.78 is 7.48. The molecule has 1 aromatic rings. The smallest absolute Gasteiger partial charge is 0.293 e. The van der Waals surface area contributed by atoms with Crippen molar-refractivity contribution in [1.82, 2.24) is 0 Å². The van der Waals surface area contributed by atoms with Gasteiger partial charge in [-0.3, -0.25) is 4.79 Å². The zero-order valence-electron chi connectivity index (χ0n) is 17.2. The molecule has 1 unspecified atom stereocenters. The van der Waals surface area contributed by atoms with Crippen LogP contribution in [0.3, 0.4) is 0 Å². The van der Waals surface area contributed by atoms with Gasteiger partial charge in [-0.25, -0.2) is 9.57 Å². The van der Waals surface area contributed by atoms with Gasteiger partial charge in [0.15, 0.2) is 5.71 Å². The number of hydrogen-bond acceptors (Lipinski definition) is 4. The van der Waals surface area contributed by atoms with Gasteiger partial charge in [-0.2, -0.15) is 0 Å². The summed E-state index contributed by atoms with van der Waals surface area (Å²) in [5.74, 6) is 0. The van der Waals surface area contributed by atoms with Gasteiger partial charge in [-0.05, 0) is 52.7 Å². The third-order valence-corrected chi connectivity index (χ3v) is 12.5. The molecule has 2 saturated heterocycles. The predicted octanol–water partition coefficient (Wildman–Crippen LogP) is 2.72. The Balaban J connectivity index is 1.66. The lowest BCUT2D eigenvalue weighted by Gasteiger charge is -2.42. The highest BCUT2D eigenvalue weighted by Crippen LogP contribution is 2.42. The van der Waals surface area contributed by atoms with E-state index in [0.717, 1.165) is 50.0 Å². The first-order valence-electron chi connectivity index (χ1n) is 10.7. The molecule has 3 aliphatic heterocycles. The first-order valence-corrected chi connectivity index (χ1v) is 13.0. The number of anilines is 1. The van der Waals surface area contributed by atoms with E-state index in [-0.39, 0.29) is 0 Å². The van der Waals surface area contributed by atoms with Crippen LogP contribution in [0.1, 0.15) is 20.3 Å². The number of aliphatic imine (C=N–C) groups is 1. The molecule has 0 saturated carbocycles. The van der Waals surface area contributed by atoms with Crippen molar-refractivity contribution in [2.45, 2.75) is 31.9 Å². The Morgan fingerprint density at radius 1 is 1.28 bits per heavy atom. The molecule has 29 heavy (non-hydrogen) atoms. The number of allylic oxidation sites excluding steroid dienone is 4. The third-order valence-electron chi connectivity index (χ3n) is 6.67. The van der Waals surface area contributed by atoms with Gasteiger partial charge in [0.05, 0.1) is 18.0 Å². The van der Waals surface area contributed by atoms with E-state index in [4.69, 9.17) is 9.73 Å². The van der Waals surface area contributed by atoms with E-state index < -0.39 is 8.07 Å². The topological polar surface area (TPSA) is 44.7 Å². The Morgan fingerprint density at radius 2 is 2.10 bits per heavy atom. The fourth-order valence-electron chi connectivity index (χ4n) is 4.90. The minimum absolute atomic E-state index is 0.490. The molecule has 5 nitrogen and oxygen atoms in total. The van der Waals surface area contributed by atoms with E-state index in [1.165, 1.54) is 21.8 Å². The molecular weight excluding hydrogens is 378 g/mol. The van der Waals surface area contributed by atoms with E-state index in [1.807, 2.05) is 0 Å². The first-order chi connectivity index (χ1) is 14.1. The molecule has 5 rings (SSSR count). The number of nitrogens with zero attached hydrogens (tertiary/aromatic N) is 3. The van der Waals surface area contributed by atoms with E-state index in [1.54, 1.807) is 0 Å². The molecule has 0 aromatic heterocycles. The van der Waals surface area contributed by atoms with Gasteiger partial charge in [-0.1, -0.05) is 13.8 Å². The van der Waals surface area contributed by atoms with E-state index >= 15 is 0 Å². The van der Waals surface area contributed by atoms with Crippen LogP contribution in [0.4, 0.5) is 11.4 Å². The summed E-state index contributed by atoms with van der Waals surface area (Å²) in [4.78, 5) is 18.2. The van der Waals surface area contributed by atoms with Crippen LogP contribution < -0.4 is 10.1 Å². The summed E-state index contributed by atoms with van der Waals surface area (Å²) in [5, 5.41) is 2.91. The second kappa shape index (κ2) is 7.09. The largest absolute Gasteiger partial charge is 0.468 e. The van der Waals surface area contributed by atoms with Gasteiger partial charge in [-0.15, -0.1) is 0 Å². The predicted molar refractivity (Wildman–Crippen MR) is 120 cm³/mol. The first kappa shape index (κ1) is 18.5. The number of fused-ring (bicyclic) bond motifs is 2. The van der Waals surface area contributed by atoms with Gasteiger partial charge in [0, 0.05) is 30.9 Å². The molecule has 1 aliphatic carbocycles. The van der Waals surface area contributed by atoms with Crippen molar-refractivity contribution in [3.8, 4) is 0 Å². The maximum Gasteiger partial charge on any atom is 0.293 e. The Hall–Kier alpha value is -2.47. The van der Waals surface area contributed by atoms with Crippen molar-refractivity contribution < 1.29 is 14.1 Å². The number of benzene rings is 1. The van der Waals surface area contributed by atoms with Crippen molar-refractivity contribution in [1.29, 1.82) is 0 Å². The van der Waals surface area contributed by atoms with Crippen molar-refractivity contribution in [3.05, 3.63) is 41.6 Å². The third kappa shape index (κ3) is 3.19. The Bertz CT molecular complexity index is 982. The van der Waals surface area contributed by atoms with Gasteiger partial charge in [0.25, 0.3) is 6.47 Å². The number of rotatable bonds is 7. The van der Waals surface area contributed by atoms with Crippen LogP contribution in [-0.2, 0) is 9.53 Å². The second-order valence-electron chi connectivity index (χ2n) is 8.69. The molecule has 3 heterocycles. The lowest BCUT2D eigenvalue weighted by Crippen LogP contribution is -2.57. The molecule has 0 N–H and O–H groups in total. The van der Waals surface area contributed by atoms with Crippen molar-refractivity contribution in [2.24, 2.45) is 4.99 Å². The Morgan fingerprint density at radius 3 is 2.79 bits per heavy atom. The van der Waals surface area contributed by atoms with Crippen molar-refractivity contribution in [3.63, 3.8) is 0 Å². The van der Waals surface area contributed by atoms with E-state index in [9.17, 15) is 4.79 Å². The lowest BCUT2D eigenvalue weighted by molar-refractivity contribution is -0.333. The summed E-state index contributed by atoms with van der Waals surface area (Å²) in [5.41, 5.74) is 5.46. The van der Waals surface area contributed by atoms with Gasteiger partial charge >= 0.3 is 0 Å². The molecule has 1 aromatic carbocycles. The highest BCUT2D eigenvalue weighted by atomic mass is 28.3. The average Bonchev–Trinajstić information content (AvgIpc) is 3.62. The fourth-order valence-corrected chi connectivity index (χ4v) is 10.3. The van der Waals surface area contributed by atoms with Crippen LogP contribution in [0.5, 0.6) is 0 Å². The monoisotopic (exact) mass is 406 g/mol. The summed E-state index contributed by atoms with van der Waals surface area (Å²) in [6.45, 7) is 10.4. The van der Waals surface area contributed by atoms with Gasteiger partial charge < -0.3 is 9.64 Å². The summed E-state index contributed by atoms with van der Waals surface area (Å²) in [6.07, 6.45) is 7.76. The Kier molecular flexibility index (Phi) is 4.54.